The summed E-state index contributed by atoms with van der Waals surface area (Å²) in [5, 5.41) is 11.6. The summed E-state index contributed by atoms with van der Waals surface area (Å²) in [4.78, 5) is 33.8. The van der Waals surface area contributed by atoms with Gasteiger partial charge in [-0.2, -0.15) is 5.26 Å². The summed E-state index contributed by atoms with van der Waals surface area (Å²) in [6, 6.07) is 12.2. The number of rotatable bonds is 4. The molecule has 1 N–H and O–H groups in total. The van der Waals surface area contributed by atoms with Gasteiger partial charge >= 0.3 is 0 Å². The molecule has 0 saturated carbocycles. The van der Waals surface area contributed by atoms with Crippen molar-refractivity contribution in [2.24, 2.45) is 0 Å². The first-order chi connectivity index (χ1) is 14.2. The van der Waals surface area contributed by atoms with Gasteiger partial charge in [0, 0.05) is 50.3 Å². The average molecular weight is 386 g/mol. The summed E-state index contributed by atoms with van der Waals surface area (Å²) in [5.74, 6) is 1.10. The zero-order valence-electron chi connectivity index (χ0n) is 15.6. The number of carbonyl (C=O) groups excluding carboxylic acids is 1. The Kier molecular flexibility index (Phi) is 5.25. The molecule has 1 fully saturated rings. The van der Waals surface area contributed by atoms with E-state index in [-0.39, 0.29) is 11.6 Å². The molecule has 3 aromatic rings. The summed E-state index contributed by atoms with van der Waals surface area (Å²) >= 11 is 0. The molecule has 0 aliphatic carbocycles. The van der Waals surface area contributed by atoms with Crippen LogP contribution in [0.25, 0.3) is 0 Å². The molecule has 1 aliphatic heterocycles. The van der Waals surface area contributed by atoms with E-state index >= 15 is 0 Å². The molecule has 0 unspecified atom stereocenters. The molecule has 0 atom stereocenters. The highest BCUT2D eigenvalue weighted by Gasteiger charge is 2.21. The average Bonchev–Trinajstić information content (AvgIpc) is 2.80. The predicted octanol–water partition coefficient (Wildman–Crippen LogP) is 1.72. The minimum absolute atomic E-state index is 0.285. The van der Waals surface area contributed by atoms with E-state index in [9.17, 15) is 4.79 Å². The minimum Gasteiger partial charge on any atom is -0.353 e. The zero-order valence-corrected chi connectivity index (χ0v) is 15.6. The smallest absolute Gasteiger partial charge is 0.274 e. The summed E-state index contributed by atoms with van der Waals surface area (Å²) in [6.45, 7) is 3.01. The van der Waals surface area contributed by atoms with Crippen molar-refractivity contribution in [1.82, 2.24) is 19.9 Å². The first kappa shape index (κ1) is 18.3. The fourth-order valence-corrected chi connectivity index (χ4v) is 3.06. The first-order valence-electron chi connectivity index (χ1n) is 9.13. The standard InChI is InChI=1S/C20H18N8O/c21-13-15-2-4-16(5-3-15)26-19(29)17-12-18(25-14-24-17)27-8-10-28(11-9-27)20-22-6-1-7-23-20/h1-7,12,14H,8-11H2,(H,26,29). The Hall–Kier alpha value is -4.06. The molecule has 2 aromatic heterocycles. The molecule has 9 heteroatoms. The maximum Gasteiger partial charge on any atom is 0.274 e. The maximum absolute atomic E-state index is 12.5. The Morgan fingerprint density at radius 2 is 1.66 bits per heavy atom. The molecule has 1 aliphatic rings. The van der Waals surface area contributed by atoms with Gasteiger partial charge in [-0.15, -0.1) is 0 Å². The van der Waals surface area contributed by atoms with Crippen LogP contribution in [0.1, 0.15) is 16.1 Å². The van der Waals surface area contributed by atoms with Crippen molar-refractivity contribution in [2.75, 3.05) is 41.3 Å². The number of piperazine rings is 1. The van der Waals surface area contributed by atoms with Crippen LogP contribution in [0.4, 0.5) is 17.5 Å². The van der Waals surface area contributed by atoms with Crippen molar-refractivity contribution in [2.45, 2.75) is 0 Å². The topological polar surface area (TPSA) is 111 Å². The molecule has 1 aromatic carbocycles. The van der Waals surface area contributed by atoms with Crippen LogP contribution in [-0.4, -0.2) is 52.0 Å². The van der Waals surface area contributed by atoms with Gasteiger partial charge in [0.05, 0.1) is 11.6 Å². The molecule has 29 heavy (non-hydrogen) atoms. The third kappa shape index (κ3) is 4.27. The second-order valence-electron chi connectivity index (χ2n) is 6.43. The lowest BCUT2D eigenvalue weighted by Crippen LogP contribution is -2.47. The van der Waals surface area contributed by atoms with Crippen LogP contribution in [0, 0.1) is 11.3 Å². The highest BCUT2D eigenvalue weighted by Crippen LogP contribution is 2.17. The quantitative estimate of drug-likeness (QED) is 0.721. The van der Waals surface area contributed by atoms with Gasteiger partial charge in [0.15, 0.2) is 0 Å². The van der Waals surface area contributed by atoms with Crippen molar-refractivity contribution in [1.29, 1.82) is 5.26 Å². The van der Waals surface area contributed by atoms with Crippen molar-refractivity contribution >= 4 is 23.4 Å². The van der Waals surface area contributed by atoms with Crippen LogP contribution in [0.3, 0.4) is 0 Å². The van der Waals surface area contributed by atoms with Crippen LogP contribution in [0.5, 0.6) is 0 Å². The Labute approximate surface area is 167 Å². The predicted molar refractivity (Wildman–Crippen MR) is 108 cm³/mol. The van der Waals surface area contributed by atoms with Gasteiger partial charge in [-0.3, -0.25) is 4.79 Å². The van der Waals surface area contributed by atoms with Crippen LogP contribution in [0.15, 0.2) is 55.1 Å². The number of anilines is 3. The summed E-state index contributed by atoms with van der Waals surface area (Å²) in [7, 11) is 0. The van der Waals surface area contributed by atoms with Crippen LogP contribution < -0.4 is 15.1 Å². The number of carbonyl (C=O) groups is 1. The van der Waals surface area contributed by atoms with E-state index in [1.807, 2.05) is 6.07 Å². The number of hydrogen-bond acceptors (Lipinski definition) is 8. The van der Waals surface area contributed by atoms with E-state index in [1.54, 1.807) is 48.8 Å². The lowest BCUT2D eigenvalue weighted by molar-refractivity contribution is 0.102. The van der Waals surface area contributed by atoms with Gasteiger partial charge in [-0.05, 0) is 30.3 Å². The molecule has 1 saturated heterocycles. The van der Waals surface area contributed by atoms with Crippen LogP contribution in [-0.2, 0) is 0 Å². The lowest BCUT2D eigenvalue weighted by Gasteiger charge is -2.35. The third-order valence-electron chi connectivity index (χ3n) is 4.60. The Balaban J connectivity index is 1.41. The van der Waals surface area contributed by atoms with Gasteiger partial charge in [0.25, 0.3) is 5.91 Å². The van der Waals surface area contributed by atoms with Crippen molar-refractivity contribution in [3.05, 3.63) is 66.4 Å². The molecule has 0 radical (unpaired) electrons. The minimum atomic E-state index is -0.324. The number of amides is 1. The van der Waals surface area contributed by atoms with Crippen molar-refractivity contribution in [3.8, 4) is 6.07 Å². The second kappa shape index (κ2) is 8.31. The first-order valence-corrected chi connectivity index (χ1v) is 9.13. The second-order valence-corrected chi connectivity index (χ2v) is 6.43. The van der Waals surface area contributed by atoms with E-state index in [0.29, 0.717) is 17.1 Å². The largest absolute Gasteiger partial charge is 0.353 e. The van der Waals surface area contributed by atoms with E-state index in [4.69, 9.17) is 5.26 Å². The van der Waals surface area contributed by atoms with Gasteiger partial charge in [0.1, 0.15) is 17.8 Å². The fraction of sp³-hybridized carbons (Fsp3) is 0.200. The number of aromatic nitrogens is 4. The highest BCUT2D eigenvalue weighted by molar-refractivity contribution is 6.03. The SMILES string of the molecule is N#Cc1ccc(NC(=O)c2cc(N3CCN(c4ncccn4)CC3)ncn2)cc1. The van der Waals surface area contributed by atoms with Crippen molar-refractivity contribution < 1.29 is 4.79 Å². The number of nitriles is 1. The molecule has 9 nitrogen and oxygen atoms in total. The molecule has 3 heterocycles. The molecule has 1 amide bonds. The van der Waals surface area contributed by atoms with Crippen LogP contribution >= 0.6 is 0 Å². The number of benzene rings is 1. The van der Waals surface area contributed by atoms with Crippen molar-refractivity contribution in [3.63, 3.8) is 0 Å². The summed E-state index contributed by atoms with van der Waals surface area (Å²) in [5.41, 5.74) is 1.42. The zero-order chi connectivity index (χ0) is 20.1. The highest BCUT2D eigenvalue weighted by atomic mass is 16.1. The summed E-state index contributed by atoms with van der Waals surface area (Å²) in [6.07, 6.45) is 4.87. The van der Waals surface area contributed by atoms with Gasteiger partial charge in [-0.1, -0.05) is 0 Å². The van der Waals surface area contributed by atoms with Gasteiger partial charge in [-0.25, -0.2) is 19.9 Å². The van der Waals surface area contributed by atoms with E-state index in [2.05, 4.69) is 35.1 Å². The van der Waals surface area contributed by atoms with Gasteiger partial charge in [0.2, 0.25) is 5.95 Å². The third-order valence-corrected chi connectivity index (χ3v) is 4.60. The molecular weight excluding hydrogens is 368 g/mol. The maximum atomic E-state index is 12.5. The molecule has 0 bridgehead atoms. The number of nitrogens with one attached hydrogen (secondary N) is 1. The summed E-state index contributed by atoms with van der Waals surface area (Å²) < 4.78 is 0. The Morgan fingerprint density at radius 1 is 0.966 bits per heavy atom. The Bertz CT molecular complexity index is 1020. The Morgan fingerprint density at radius 3 is 2.34 bits per heavy atom. The van der Waals surface area contributed by atoms with E-state index in [0.717, 1.165) is 32.1 Å². The monoisotopic (exact) mass is 386 g/mol. The van der Waals surface area contributed by atoms with E-state index in [1.165, 1.54) is 6.33 Å². The molecule has 144 valence electrons. The molecule has 0 spiro atoms. The molecule has 4 rings (SSSR count). The number of hydrogen-bond donors (Lipinski definition) is 1. The van der Waals surface area contributed by atoms with Gasteiger partial charge < -0.3 is 15.1 Å². The van der Waals surface area contributed by atoms with Crippen LogP contribution in [0.2, 0.25) is 0 Å². The lowest BCUT2D eigenvalue weighted by atomic mass is 10.2. The normalized spacial score (nSPS) is 13.6. The van der Waals surface area contributed by atoms with E-state index < -0.39 is 0 Å². The fourth-order valence-electron chi connectivity index (χ4n) is 3.06. The number of nitrogens with zero attached hydrogens (tertiary/aromatic N) is 7. The molecular formula is C20H18N8O.